The summed E-state index contributed by atoms with van der Waals surface area (Å²) in [6.45, 7) is 8.73. The van der Waals surface area contributed by atoms with Gasteiger partial charge < -0.3 is 9.05 Å². The van der Waals surface area contributed by atoms with E-state index in [9.17, 15) is 4.57 Å². The van der Waals surface area contributed by atoms with E-state index >= 15 is 0 Å². The van der Waals surface area contributed by atoms with Crippen molar-refractivity contribution >= 4 is 7.60 Å². The first-order chi connectivity index (χ1) is 11.6. The smallest absolute Gasteiger partial charge is 0.309 e. The van der Waals surface area contributed by atoms with Crippen molar-refractivity contribution in [1.82, 2.24) is 4.57 Å². The Bertz CT molecular complexity index is 467. The summed E-state index contributed by atoms with van der Waals surface area (Å²) in [5.74, 6) is 0. The zero-order valence-corrected chi connectivity index (χ0v) is 16.7. The maximum Gasteiger partial charge on any atom is 0.330 e. The van der Waals surface area contributed by atoms with Crippen LogP contribution in [0.15, 0.2) is 18.7 Å². The number of hydrogen-bond donors (Lipinski definition) is 0. The predicted molar refractivity (Wildman–Crippen MR) is 98.3 cm³/mol. The van der Waals surface area contributed by atoms with Gasteiger partial charge in [0.2, 0.25) is 6.33 Å². The lowest BCUT2D eigenvalue weighted by atomic mass is 10.1. The molecule has 0 saturated heterocycles. The molecule has 24 heavy (non-hydrogen) atoms. The molecule has 0 fully saturated rings. The molecule has 0 spiro atoms. The van der Waals surface area contributed by atoms with Crippen molar-refractivity contribution < 1.29 is 18.2 Å². The first-order valence-corrected chi connectivity index (χ1v) is 11.3. The van der Waals surface area contributed by atoms with Crippen molar-refractivity contribution in [3.63, 3.8) is 0 Å². The Hall–Kier alpha value is -0.640. The average Bonchev–Trinajstić information content (AvgIpc) is 2.99. The van der Waals surface area contributed by atoms with Gasteiger partial charge in [0.15, 0.2) is 0 Å². The van der Waals surface area contributed by atoms with Crippen LogP contribution in [0.1, 0.15) is 65.7 Å². The lowest BCUT2D eigenvalue weighted by molar-refractivity contribution is -0.696. The molecule has 1 heterocycles. The SMILES string of the molecule is CCCCCCCCn1cc[n+](CCCP(=O)(OCC)OCC)c1. The van der Waals surface area contributed by atoms with E-state index in [0.717, 1.165) is 19.5 Å². The van der Waals surface area contributed by atoms with Crippen LogP contribution in [0.3, 0.4) is 0 Å². The van der Waals surface area contributed by atoms with Gasteiger partial charge in [-0.2, -0.15) is 0 Å². The van der Waals surface area contributed by atoms with Crippen LogP contribution in [0.5, 0.6) is 0 Å². The molecule has 0 bridgehead atoms. The summed E-state index contributed by atoms with van der Waals surface area (Å²) >= 11 is 0. The van der Waals surface area contributed by atoms with Crippen LogP contribution in [0.4, 0.5) is 0 Å². The molecule has 0 radical (unpaired) electrons. The van der Waals surface area contributed by atoms with E-state index in [4.69, 9.17) is 9.05 Å². The highest BCUT2D eigenvalue weighted by Crippen LogP contribution is 2.48. The third-order valence-corrected chi connectivity index (χ3v) is 6.18. The maximum atomic E-state index is 12.4. The molecule has 0 atom stereocenters. The molecule has 6 heteroatoms. The first-order valence-electron chi connectivity index (χ1n) is 9.56. The molecule has 0 N–H and O–H groups in total. The van der Waals surface area contributed by atoms with Gasteiger partial charge in [-0.25, -0.2) is 9.13 Å². The van der Waals surface area contributed by atoms with E-state index in [1.807, 2.05) is 13.8 Å². The fraction of sp³-hybridized carbons (Fsp3) is 0.833. The van der Waals surface area contributed by atoms with Gasteiger partial charge in [0.05, 0.1) is 32.5 Å². The summed E-state index contributed by atoms with van der Waals surface area (Å²) in [5, 5.41) is 0. The molecule has 0 amide bonds. The van der Waals surface area contributed by atoms with Crippen LogP contribution in [0.2, 0.25) is 0 Å². The molecular weight excluding hydrogens is 323 g/mol. The van der Waals surface area contributed by atoms with Crippen LogP contribution in [0, 0.1) is 0 Å². The third kappa shape index (κ3) is 9.00. The van der Waals surface area contributed by atoms with Crippen molar-refractivity contribution in [2.75, 3.05) is 19.4 Å². The van der Waals surface area contributed by atoms with Crippen molar-refractivity contribution in [3.8, 4) is 0 Å². The maximum absolute atomic E-state index is 12.4. The Morgan fingerprint density at radius 1 is 0.958 bits per heavy atom. The zero-order valence-electron chi connectivity index (χ0n) is 15.8. The van der Waals surface area contributed by atoms with Crippen LogP contribution >= 0.6 is 7.60 Å². The largest absolute Gasteiger partial charge is 0.330 e. The Balaban J connectivity index is 2.25. The molecule has 0 aliphatic carbocycles. The van der Waals surface area contributed by atoms with Crippen LogP contribution < -0.4 is 4.57 Å². The fourth-order valence-electron chi connectivity index (χ4n) is 2.78. The van der Waals surface area contributed by atoms with Gasteiger partial charge in [-0.1, -0.05) is 32.6 Å². The number of nitrogens with zero attached hydrogens (tertiary/aromatic N) is 2. The number of aryl methyl sites for hydroxylation is 2. The second kappa shape index (κ2) is 12.7. The van der Waals surface area contributed by atoms with Gasteiger partial charge in [-0.15, -0.1) is 0 Å². The minimum Gasteiger partial charge on any atom is -0.309 e. The molecule has 0 aromatic carbocycles. The molecule has 1 rings (SSSR count). The normalized spacial score (nSPS) is 12.0. The van der Waals surface area contributed by atoms with Crippen molar-refractivity contribution in [2.45, 2.75) is 78.8 Å². The van der Waals surface area contributed by atoms with Crippen molar-refractivity contribution in [2.24, 2.45) is 0 Å². The topological polar surface area (TPSA) is 44.3 Å². The summed E-state index contributed by atoms with van der Waals surface area (Å²) in [5.41, 5.74) is 0. The predicted octanol–water partition coefficient (Wildman–Crippen LogP) is 4.79. The van der Waals surface area contributed by atoms with E-state index in [0.29, 0.717) is 19.4 Å². The third-order valence-electron chi connectivity index (χ3n) is 4.02. The average molecular weight is 359 g/mol. The zero-order chi connectivity index (χ0) is 17.7. The lowest BCUT2D eigenvalue weighted by Crippen LogP contribution is -2.31. The van der Waals surface area contributed by atoms with Crippen LogP contribution in [-0.4, -0.2) is 23.9 Å². The Morgan fingerprint density at radius 2 is 1.62 bits per heavy atom. The minimum atomic E-state index is -2.90. The second-order valence-electron chi connectivity index (χ2n) is 6.18. The monoisotopic (exact) mass is 359 g/mol. The van der Waals surface area contributed by atoms with Gasteiger partial charge in [-0.3, -0.25) is 4.57 Å². The quantitative estimate of drug-likeness (QED) is 0.257. The van der Waals surface area contributed by atoms with Gasteiger partial charge in [-0.05, 0) is 33.1 Å². The van der Waals surface area contributed by atoms with Gasteiger partial charge in [0.1, 0.15) is 12.4 Å². The number of aromatic nitrogens is 2. The number of hydrogen-bond acceptors (Lipinski definition) is 3. The summed E-state index contributed by atoms with van der Waals surface area (Å²) < 4.78 is 27.4. The highest BCUT2D eigenvalue weighted by atomic mass is 31.2. The van der Waals surface area contributed by atoms with Gasteiger partial charge in [0, 0.05) is 0 Å². The Morgan fingerprint density at radius 3 is 2.29 bits per heavy atom. The Labute approximate surface area is 147 Å². The van der Waals surface area contributed by atoms with E-state index in [2.05, 4.69) is 34.8 Å². The van der Waals surface area contributed by atoms with Crippen LogP contribution in [-0.2, 0) is 26.7 Å². The standard InChI is InChI=1S/C18H36N2O3P/c1-4-7-8-9-10-11-13-19-15-16-20(18-19)14-12-17-24(21,22-5-2)23-6-3/h15-16,18H,4-14,17H2,1-3H3/q+1. The van der Waals surface area contributed by atoms with Crippen molar-refractivity contribution in [3.05, 3.63) is 18.7 Å². The minimum absolute atomic E-state index is 0.430. The molecule has 0 aliphatic heterocycles. The summed E-state index contributed by atoms with van der Waals surface area (Å²) in [4.78, 5) is 0. The molecule has 1 aromatic rings. The molecule has 140 valence electrons. The highest BCUT2D eigenvalue weighted by Gasteiger charge is 2.23. The second-order valence-corrected chi connectivity index (χ2v) is 8.37. The fourth-order valence-corrected chi connectivity index (χ4v) is 4.43. The lowest BCUT2D eigenvalue weighted by Gasteiger charge is -2.16. The molecule has 0 unspecified atom stereocenters. The highest BCUT2D eigenvalue weighted by molar-refractivity contribution is 7.53. The van der Waals surface area contributed by atoms with E-state index in [1.54, 1.807) is 0 Å². The summed E-state index contributed by atoms with van der Waals surface area (Å²) in [7, 11) is -2.90. The number of unbranched alkanes of at least 4 members (excludes halogenated alkanes) is 5. The molecule has 0 aliphatic rings. The Kier molecular flexibility index (Phi) is 11.3. The van der Waals surface area contributed by atoms with Gasteiger partial charge in [0.25, 0.3) is 0 Å². The molecule has 0 saturated carbocycles. The molecule has 1 aromatic heterocycles. The summed E-state index contributed by atoms with van der Waals surface area (Å²) in [6, 6.07) is 0. The number of imidazole rings is 1. The van der Waals surface area contributed by atoms with E-state index in [1.165, 1.54) is 38.5 Å². The van der Waals surface area contributed by atoms with Gasteiger partial charge >= 0.3 is 7.60 Å². The molecular formula is C18H36N2O3P+. The number of rotatable bonds is 15. The van der Waals surface area contributed by atoms with Crippen LogP contribution in [0.25, 0.3) is 0 Å². The van der Waals surface area contributed by atoms with E-state index < -0.39 is 7.60 Å². The summed E-state index contributed by atoms with van der Waals surface area (Å²) in [6.07, 6.45) is 15.5. The molecule has 5 nitrogen and oxygen atoms in total. The van der Waals surface area contributed by atoms with Crippen molar-refractivity contribution in [1.29, 1.82) is 0 Å². The first kappa shape index (κ1) is 21.4. The van der Waals surface area contributed by atoms with E-state index in [-0.39, 0.29) is 0 Å².